The lowest BCUT2D eigenvalue weighted by molar-refractivity contribution is -0.121. The third-order valence-electron chi connectivity index (χ3n) is 2.73. The molecule has 0 saturated heterocycles. The van der Waals surface area contributed by atoms with Crippen LogP contribution in [0.4, 0.5) is 0 Å². The van der Waals surface area contributed by atoms with E-state index in [1.165, 1.54) is 12.8 Å². The van der Waals surface area contributed by atoms with Crippen molar-refractivity contribution in [3.05, 3.63) is 20.8 Å². The summed E-state index contributed by atoms with van der Waals surface area (Å²) in [6.45, 7) is 0.604. The highest BCUT2D eigenvalue weighted by molar-refractivity contribution is 9.10. The highest BCUT2D eigenvalue weighted by atomic mass is 79.9. The molecule has 1 atom stereocenters. The van der Waals surface area contributed by atoms with Crippen LogP contribution in [0.25, 0.3) is 0 Å². The number of thiophene rings is 1. The fourth-order valence-electron chi connectivity index (χ4n) is 1.61. The predicted octanol–water partition coefficient (Wildman–Crippen LogP) is 2.25. The second-order valence-electron chi connectivity index (χ2n) is 4.21. The molecule has 1 amide bonds. The molecule has 0 aromatic carbocycles. The topological polar surface area (TPSA) is 55.1 Å². The summed E-state index contributed by atoms with van der Waals surface area (Å²) in [4.78, 5) is 12.7. The Balaban J connectivity index is 1.70. The van der Waals surface area contributed by atoms with Crippen LogP contribution in [0.15, 0.2) is 15.9 Å². The first kappa shape index (κ1) is 12.1. The van der Waals surface area contributed by atoms with Crippen LogP contribution in [0, 0.1) is 5.92 Å². The molecule has 1 unspecified atom stereocenters. The number of hydrogen-bond donors (Lipinski definition) is 2. The van der Waals surface area contributed by atoms with E-state index in [2.05, 4.69) is 21.2 Å². The monoisotopic (exact) mass is 302 g/mol. The molecule has 1 fully saturated rings. The summed E-state index contributed by atoms with van der Waals surface area (Å²) in [5, 5.41) is 4.91. The lowest BCUT2D eigenvalue weighted by Gasteiger charge is -2.09. The summed E-state index contributed by atoms with van der Waals surface area (Å²) in [6, 6.07) is 2.07. The third kappa shape index (κ3) is 3.57. The molecule has 0 bridgehead atoms. The summed E-state index contributed by atoms with van der Waals surface area (Å²) in [5.74, 6) is 0.644. The van der Waals surface area contributed by atoms with Crippen molar-refractivity contribution in [3.8, 4) is 0 Å². The molecule has 2 rings (SSSR count). The van der Waals surface area contributed by atoms with Crippen LogP contribution in [0.2, 0.25) is 0 Å². The van der Waals surface area contributed by atoms with E-state index >= 15 is 0 Å². The van der Waals surface area contributed by atoms with E-state index in [-0.39, 0.29) is 11.9 Å². The van der Waals surface area contributed by atoms with Gasteiger partial charge >= 0.3 is 0 Å². The first-order valence-electron chi connectivity index (χ1n) is 5.40. The molecule has 0 aliphatic heterocycles. The SMILES string of the molecule is NC(CC(=O)NCc1cc(Br)cs1)C1CC1. The molecule has 1 aliphatic carbocycles. The zero-order valence-electron chi connectivity index (χ0n) is 8.91. The van der Waals surface area contributed by atoms with E-state index in [1.807, 2.05) is 11.4 Å². The van der Waals surface area contributed by atoms with E-state index in [4.69, 9.17) is 5.73 Å². The Hall–Kier alpha value is -0.390. The normalized spacial score (nSPS) is 17.1. The van der Waals surface area contributed by atoms with Crippen molar-refractivity contribution >= 4 is 33.2 Å². The van der Waals surface area contributed by atoms with Crippen molar-refractivity contribution in [1.29, 1.82) is 0 Å². The third-order valence-corrected chi connectivity index (χ3v) is 4.43. The highest BCUT2D eigenvalue weighted by Crippen LogP contribution is 2.32. The lowest BCUT2D eigenvalue weighted by atomic mass is 10.1. The number of carbonyl (C=O) groups excluding carboxylic acids is 1. The molecule has 0 radical (unpaired) electrons. The molecule has 3 N–H and O–H groups in total. The summed E-state index contributed by atoms with van der Waals surface area (Å²) < 4.78 is 1.07. The molecule has 5 heteroatoms. The molecule has 1 aromatic heterocycles. The zero-order chi connectivity index (χ0) is 11.5. The Morgan fingerprint density at radius 3 is 3.00 bits per heavy atom. The Labute approximate surface area is 108 Å². The molecular formula is C11H15BrN2OS. The molecule has 3 nitrogen and oxygen atoms in total. The Morgan fingerprint density at radius 2 is 2.44 bits per heavy atom. The predicted molar refractivity (Wildman–Crippen MR) is 69.2 cm³/mol. The maximum absolute atomic E-state index is 11.6. The average molecular weight is 303 g/mol. The van der Waals surface area contributed by atoms with Gasteiger partial charge in [-0.2, -0.15) is 0 Å². The van der Waals surface area contributed by atoms with Gasteiger partial charge in [0.15, 0.2) is 0 Å². The molecule has 0 spiro atoms. The fraction of sp³-hybridized carbons (Fsp3) is 0.545. The van der Waals surface area contributed by atoms with Gasteiger partial charge in [-0.1, -0.05) is 0 Å². The van der Waals surface area contributed by atoms with E-state index in [1.54, 1.807) is 11.3 Å². The summed E-state index contributed by atoms with van der Waals surface area (Å²) in [7, 11) is 0. The minimum atomic E-state index is 0.0510. The van der Waals surface area contributed by atoms with Crippen molar-refractivity contribution in [1.82, 2.24) is 5.32 Å². The molecular weight excluding hydrogens is 288 g/mol. The lowest BCUT2D eigenvalue weighted by Crippen LogP contribution is -2.32. The Kier molecular flexibility index (Phi) is 4.00. The second kappa shape index (κ2) is 5.29. The highest BCUT2D eigenvalue weighted by Gasteiger charge is 2.29. The van der Waals surface area contributed by atoms with Crippen molar-refractivity contribution < 1.29 is 4.79 Å². The van der Waals surface area contributed by atoms with E-state index in [0.29, 0.717) is 18.9 Å². The van der Waals surface area contributed by atoms with Gasteiger partial charge in [-0.3, -0.25) is 4.79 Å². The van der Waals surface area contributed by atoms with Crippen LogP contribution in [0.5, 0.6) is 0 Å². The van der Waals surface area contributed by atoms with Gasteiger partial charge < -0.3 is 11.1 Å². The maximum Gasteiger partial charge on any atom is 0.221 e. The van der Waals surface area contributed by atoms with Crippen LogP contribution in [0.3, 0.4) is 0 Å². The number of nitrogens with two attached hydrogens (primary N) is 1. The van der Waals surface area contributed by atoms with Crippen LogP contribution < -0.4 is 11.1 Å². The number of amides is 1. The van der Waals surface area contributed by atoms with Crippen LogP contribution in [-0.4, -0.2) is 11.9 Å². The van der Waals surface area contributed by atoms with Gasteiger partial charge in [0.2, 0.25) is 5.91 Å². The minimum Gasteiger partial charge on any atom is -0.351 e. The number of hydrogen-bond acceptors (Lipinski definition) is 3. The van der Waals surface area contributed by atoms with Crippen LogP contribution in [0.1, 0.15) is 24.1 Å². The van der Waals surface area contributed by atoms with Gasteiger partial charge in [-0.05, 0) is 40.8 Å². The standard InChI is InChI=1S/C11H15BrN2OS/c12-8-3-9(16-6-8)5-14-11(15)4-10(13)7-1-2-7/h3,6-7,10H,1-2,4-5,13H2,(H,14,15). The van der Waals surface area contributed by atoms with Gasteiger partial charge in [0.1, 0.15) is 0 Å². The van der Waals surface area contributed by atoms with Gasteiger partial charge in [-0.15, -0.1) is 11.3 Å². The van der Waals surface area contributed by atoms with E-state index < -0.39 is 0 Å². The quantitative estimate of drug-likeness (QED) is 0.876. The molecule has 1 heterocycles. The molecule has 1 aromatic rings. The Morgan fingerprint density at radius 1 is 1.69 bits per heavy atom. The van der Waals surface area contributed by atoms with Crippen molar-refractivity contribution in [3.63, 3.8) is 0 Å². The number of carbonyl (C=O) groups is 1. The summed E-state index contributed by atoms with van der Waals surface area (Å²) >= 11 is 5.02. The first-order valence-corrected chi connectivity index (χ1v) is 7.07. The second-order valence-corrected chi connectivity index (χ2v) is 6.12. The number of nitrogens with one attached hydrogen (secondary N) is 1. The van der Waals surface area contributed by atoms with Crippen molar-refractivity contribution in [2.75, 3.05) is 0 Å². The molecule has 1 aliphatic rings. The Bertz CT molecular complexity index is 376. The van der Waals surface area contributed by atoms with Crippen molar-refractivity contribution in [2.24, 2.45) is 11.7 Å². The van der Waals surface area contributed by atoms with Gasteiger partial charge in [0.05, 0.1) is 6.54 Å². The molecule has 16 heavy (non-hydrogen) atoms. The van der Waals surface area contributed by atoms with E-state index in [9.17, 15) is 4.79 Å². The first-order chi connectivity index (χ1) is 7.65. The van der Waals surface area contributed by atoms with Crippen LogP contribution >= 0.6 is 27.3 Å². The summed E-state index contributed by atoms with van der Waals surface area (Å²) in [5.41, 5.74) is 5.89. The molecule has 1 saturated carbocycles. The summed E-state index contributed by atoms with van der Waals surface area (Å²) in [6.07, 6.45) is 2.83. The van der Waals surface area contributed by atoms with E-state index in [0.717, 1.165) is 9.35 Å². The number of rotatable bonds is 5. The minimum absolute atomic E-state index is 0.0510. The molecule has 88 valence electrons. The van der Waals surface area contributed by atoms with Crippen molar-refractivity contribution in [2.45, 2.75) is 31.8 Å². The van der Waals surface area contributed by atoms with Gasteiger partial charge in [0, 0.05) is 27.2 Å². The number of halogens is 1. The largest absolute Gasteiger partial charge is 0.351 e. The smallest absolute Gasteiger partial charge is 0.221 e. The average Bonchev–Trinajstić information content (AvgIpc) is 3.00. The fourth-order valence-corrected chi connectivity index (χ4v) is 3.00. The maximum atomic E-state index is 11.6. The van der Waals surface area contributed by atoms with Gasteiger partial charge in [-0.25, -0.2) is 0 Å². The van der Waals surface area contributed by atoms with Crippen LogP contribution in [-0.2, 0) is 11.3 Å². The zero-order valence-corrected chi connectivity index (χ0v) is 11.3. The van der Waals surface area contributed by atoms with Gasteiger partial charge in [0.25, 0.3) is 0 Å².